The van der Waals surface area contributed by atoms with E-state index < -0.39 is 0 Å². The second kappa shape index (κ2) is 7.13. The zero-order chi connectivity index (χ0) is 13.6. The van der Waals surface area contributed by atoms with Crippen molar-refractivity contribution in [2.45, 2.75) is 90.3 Å². The average molecular weight is 254 g/mol. The van der Waals surface area contributed by atoms with E-state index in [0.717, 1.165) is 6.42 Å². The van der Waals surface area contributed by atoms with Crippen LogP contribution in [-0.2, 0) is 4.79 Å². The number of rotatable bonds is 5. The predicted octanol–water partition coefficient (Wildman–Crippen LogP) is 2.99. The molecule has 0 spiro atoms. The van der Waals surface area contributed by atoms with Crippen molar-refractivity contribution in [3.05, 3.63) is 0 Å². The van der Waals surface area contributed by atoms with Crippen LogP contribution in [0.15, 0.2) is 0 Å². The molecule has 1 rings (SSSR count). The Morgan fingerprint density at radius 3 is 2.28 bits per heavy atom. The van der Waals surface area contributed by atoms with E-state index in [1.165, 1.54) is 38.5 Å². The third-order valence-corrected chi connectivity index (χ3v) is 4.08. The third kappa shape index (κ3) is 5.38. The highest BCUT2D eigenvalue weighted by molar-refractivity contribution is 5.82. The topological polar surface area (TPSA) is 41.1 Å². The molecule has 1 amide bonds. The fourth-order valence-corrected chi connectivity index (χ4v) is 2.41. The summed E-state index contributed by atoms with van der Waals surface area (Å²) in [6.07, 6.45) is 8.68. The highest BCUT2D eigenvalue weighted by Gasteiger charge is 2.23. The van der Waals surface area contributed by atoms with Crippen LogP contribution < -0.4 is 10.6 Å². The molecule has 0 radical (unpaired) electrons. The van der Waals surface area contributed by atoms with E-state index in [4.69, 9.17) is 0 Å². The molecular formula is C15H30N2O. The predicted molar refractivity (Wildman–Crippen MR) is 76.6 cm³/mol. The fraction of sp³-hybridized carbons (Fsp3) is 0.933. The molecule has 0 aromatic heterocycles. The highest BCUT2D eigenvalue weighted by Crippen LogP contribution is 2.17. The van der Waals surface area contributed by atoms with Crippen LogP contribution in [0.4, 0.5) is 0 Å². The largest absolute Gasteiger partial charge is 0.350 e. The molecule has 1 aliphatic rings. The van der Waals surface area contributed by atoms with Crippen molar-refractivity contribution in [2.24, 2.45) is 0 Å². The fourth-order valence-electron chi connectivity index (χ4n) is 2.41. The quantitative estimate of drug-likeness (QED) is 0.741. The smallest absolute Gasteiger partial charge is 0.237 e. The molecule has 1 atom stereocenters. The molecule has 1 fully saturated rings. The number of carbonyl (C=O) groups excluding carboxylic acids is 1. The standard InChI is InChI=1S/C15H30N2O/c1-5-15(3,4)17-14(18)12(2)16-13-10-8-6-7-9-11-13/h12-13,16H,5-11H2,1-4H3,(H,17,18). The first kappa shape index (κ1) is 15.5. The van der Waals surface area contributed by atoms with Gasteiger partial charge in [-0.2, -0.15) is 0 Å². The monoisotopic (exact) mass is 254 g/mol. The van der Waals surface area contributed by atoms with Gasteiger partial charge in [-0.1, -0.05) is 32.6 Å². The summed E-state index contributed by atoms with van der Waals surface area (Å²) in [5, 5.41) is 6.60. The average Bonchev–Trinajstić information content (AvgIpc) is 2.57. The van der Waals surface area contributed by atoms with E-state index >= 15 is 0 Å². The molecule has 0 aromatic carbocycles. The van der Waals surface area contributed by atoms with Crippen molar-refractivity contribution in [1.29, 1.82) is 0 Å². The maximum Gasteiger partial charge on any atom is 0.237 e. The van der Waals surface area contributed by atoms with E-state index in [1.807, 2.05) is 6.92 Å². The van der Waals surface area contributed by atoms with Gasteiger partial charge in [-0.25, -0.2) is 0 Å². The Hall–Kier alpha value is -0.570. The Kier molecular flexibility index (Phi) is 6.13. The lowest BCUT2D eigenvalue weighted by Gasteiger charge is -2.28. The van der Waals surface area contributed by atoms with Gasteiger partial charge in [0.05, 0.1) is 6.04 Å². The summed E-state index contributed by atoms with van der Waals surface area (Å²) in [7, 11) is 0. The molecule has 106 valence electrons. The molecule has 0 saturated heterocycles. The van der Waals surface area contributed by atoms with Gasteiger partial charge >= 0.3 is 0 Å². The lowest BCUT2D eigenvalue weighted by Crippen LogP contribution is -2.52. The molecule has 2 N–H and O–H groups in total. The van der Waals surface area contributed by atoms with Crippen LogP contribution in [-0.4, -0.2) is 23.5 Å². The lowest BCUT2D eigenvalue weighted by molar-refractivity contribution is -0.124. The minimum absolute atomic E-state index is 0.0843. The molecule has 0 aliphatic heterocycles. The first-order chi connectivity index (χ1) is 8.44. The number of carbonyl (C=O) groups is 1. The Bertz CT molecular complexity index is 255. The van der Waals surface area contributed by atoms with E-state index in [2.05, 4.69) is 31.4 Å². The van der Waals surface area contributed by atoms with Gasteiger partial charge in [0.1, 0.15) is 0 Å². The Labute approximate surface area is 112 Å². The van der Waals surface area contributed by atoms with Gasteiger partial charge in [0.15, 0.2) is 0 Å². The minimum atomic E-state index is -0.101. The van der Waals surface area contributed by atoms with Crippen LogP contribution in [0.3, 0.4) is 0 Å². The molecule has 1 unspecified atom stereocenters. The Morgan fingerprint density at radius 2 is 1.78 bits per heavy atom. The molecule has 3 nitrogen and oxygen atoms in total. The molecule has 18 heavy (non-hydrogen) atoms. The number of nitrogens with one attached hydrogen (secondary N) is 2. The van der Waals surface area contributed by atoms with Crippen LogP contribution in [0.2, 0.25) is 0 Å². The van der Waals surface area contributed by atoms with Gasteiger partial charge in [0.2, 0.25) is 5.91 Å². The first-order valence-electron chi connectivity index (χ1n) is 7.52. The molecule has 0 bridgehead atoms. The summed E-state index contributed by atoms with van der Waals surface area (Å²) in [6, 6.07) is 0.442. The summed E-state index contributed by atoms with van der Waals surface area (Å²) in [5.41, 5.74) is -0.101. The maximum absolute atomic E-state index is 12.1. The minimum Gasteiger partial charge on any atom is -0.350 e. The van der Waals surface area contributed by atoms with Crippen molar-refractivity contribution < 1.29 is 4.79 Å². The maximum atomic E-state index is 12.1. The van der Waals surface area contributed by atoms with E-state index in [-0.39, 0.29) is 17.5 Å². The molecule has 3 heteroatoms. The first-order valence-corrected chi connectivity index (χ1v) is 7.52. The zero-order valence-corrected chi connectivity index (χ0v) is 12.5. The van der Waals surface area contributed by atoms with Gasteiger partial charge in [-0.15, -0.1) is 0 Å². The van der Waals surface area contributed by atoms with Gasteiger partial charge in [-0.3, -0.25) is 4.79 Å². The van der Waals surface area contributed by atoms with Crippen molar-refractivity contribution in [1.82, 2.24) is 10.6 Å². The zero-order valence-electron chi connectivity index (χ0n) is 12.5. The second-order valence-electron chi connectivity index (χ2n) is 6.30. The summed E-state index contributed by atoms with van der Waals surface area (Å²) in [6.45, 7) is 8.22. The van der Waals surface area contributed by atoms with Crippen LogP contribution in [0.5, 0.6) is 0 Å². The highest BCUT2D eigenvalue weighted by atomic mass is 16.2. The van der Waals surface area contributed by atoms with E-state index in [9.17, 15) is 4.79 Å². The summed E-state index contributed by atoms with van der Waals surface area (Å²) in [4.78, 5) is 12.1. The number of hydrogen-bond acceptors (Lipinski definition) is 2. The second-order valence-corrected chi connectivity index (χ2v) is 6.30. The van der Waals surface area contributed by atoms with Crippen molar-refractivity contribution in [3.63, 3.8) is 0 Å². The van der Waals surface area contributed by atoms with Crippen molar-refractivity contribution in [2.75, 3.05) is 0 Å². The Balaban J connectivity index is 2.38. The van der Waals surface area contributed by atoms with Crippen LogP contribution in [0, 0.1) is 0 Å². The van der Waals surface area contributed by atoms with Gasteiger partial charge in [-0.05, 0) is 40.0 Å². The van der Waals surface area contributed by atoms with Crippen LogP contribution >= 0.6 is 0 Å². The van der Waals surface area contributed by atoms with Gasteiger partial charge in [0, 0.05) is 11.6 Å². The molecule has 1 saturated carbocycles. The number of hydrogen-bond donors (Lipinski definition) is 2. The van der Waals surface area contributed by atoms with Crippen LogP contribution in [0.1, 0.15) is 72.6 Å². The lowest BCUT2D eigenvalue weighted by atomic mass is 10.0. The molecule has 0 heterocycles. The van der Waals surface area contributed by atoms with E-state index in [0.29, 0.717) is 6.04 Å². The number of amides is 1. The Morgan fingerprint density at radius 1 is 1.22 bits per heavy atom. The van der Waals surface area contributed by atoms with Crippen molar-refractivity contribution in [3.8, 4) is 0 Å². The molecule has 0 aromatic rings. The van der Waals surface area contributed by atoms with E-state index in [1.54, 1.807) is 0 Å². The molecule has 1 aliphatic carbocycles. The molecular weight excluding hydrogens is 224 g/mol. The SMILES string of the molecule is CCC(C)(C)NC(=O)C(C)NC1CCCCCC1. The van der Waals surface area contributed by atoms with Crippen molar-refractivity contribution >= 4 is 5.91 Å². The normalized spacial score (nSPS) is 20.2. The third-order valence-electron chi connectivity index (χ3n) is 4.08. The summed E-state index contributed by atoms with van der Waals surface area (Å²) >= 11 is 0. The van der Waals surface area contributed by atoms with Gasteiger partial charge in [0.25, 0.3) is 0 Å². The van der Waals surface area contributed by atoms with Gasteiger partial charge < -0.3 is 10.6 Å². The summed E-state index contributed by atoms with van der Waals surface area (Å²) < 4.78 is 0. The van der Waals surface area contributed by atoms with Crippen LogP contribution in [0.25, 0.3) is 0 Å². The summed E-state index contributed by atoms with van der Waals surface area (Å²) in [5.74, 6) is 0.131.